The molecule has 156 valence electrons. The molecule has 3 aromatic rings. The lowest BCUT2D eigenvalue weighted by Gasteiger charge is -2.22. The molecule has 0 saturated carbocycles. The molecular formula is C23H23FN2O3S. The molecule has 0 heterocycles. The summed E-state index contributed by atoms with van der Waals surface area (Å²) >= 11 is 0. The van der Waals surface area contributed by atoms with Gasteiger partial charge in [-0.2, -0.15) is 4.72 Å². The van der Waals surface area contributed by atoms with Crippen molar-refractivity contribution < 1.29 is 17.6 Å². The fourth-order valence-electron chi connectivity index (χ4n) is 3.05. The van der Waals surface area contributed by atoms with E-state index in [2.05, 4.69) is 10.0 Å². The van der Waals surface area contributed by atoms with Crippen molar-refractivity contribution in [3.8, 4) is 0 Å². The van der Waals surface area contributed by atoms with Crippen LogP contribution >= 0.6 is 0 Å². The molecule has 0 radical (unpaired) electrons. The van der Waals surface area contributed by atoms with E-state index in [1.54, 1.807) is 0 Å². The highest BCUT2D eigenvalue weighted by molar-refractivity contribution is 7.89. The second-order valence-electron chi connectivity index (χ2n) is 6.96. The van der Waals surface area contributed by atoms with Gasteiger partial charge in [-0.3, -0.25) is 4.79 Å². The standard InChI is InChI=1S/C23H23FN2O3S/c1-17(19-10-6-3-7-11-19)25-23(27)22(16-18-8-4-2-5-9-18)26-30(28,29)21-14-12-20(24)13-15-21/h2-15,17,22,26H,16H2,1H3,(H,25,27). The van der Waals surface area contributed by atoms with E-state index in [4.69, 9.17) is 0 Å². The Balaban J connectivity index is 1.82. The van der Waals surface area contributed by atoms with Crippen LogP contribution in [0.25, 0.3) is 0 Å². The number of nitrogens with one attached hydrogen (secondary N) is 2. The van der Waals surface area contributed by atoms with Crippen molar-refractivity contribution in [2.45, 2.75) is 30.3 Å². The smallest absolute Gasteiger partial charge is 0.241 e. The summed E-state index contributed by atoms with van der Waals surface area (Å²) in [5.74, 6) is -0.981. The Bertz CT molecular complexity index is 1070. The number of benzene rings is 3. The quantitative estimate of drug-likeness (QED) is 0.578. The van der Waals surface area contributed by atoms with E-state index in [9.17, 15) is 17.6 Å². The summed E-state index contributed by atoms with van der Waals surface area (Å²) in [5.41, 5.74) is 1.72. The maximum Gasteiger partial charge on any atom is 0.241 e. The molecule has 1 amide bonds. The van der Waals surface area contributed by atoms with Crippen molar-refractivity contribution in [2.75, 3.05) is 0 Å². The summed E-state index contributed by atoms with van der Waals surface area (Å²) in [6.45, 7) is 1.83. The predicted octanol–water partition coefficient (Wildman–Crippen LogP) is 3.59. The molecule has 7 heteroatoms. The number of sulfonamides is 1. The summed E-state index contributed by atoms with van der Waals surface area (Å²) < 4.78 is 41.2. The number of rotatable bonds is 8. The zero-order chi connectivity index (χ0) is 21.6. The molecule has 0 aliphatic carbocycles. The van der Waals surface area contributed by atoms with Gasteiger partial charge in [-0.15, -0.1) is 0 Å². The first-order valence-corrected chi connectivity index (χ1v) is 11.0. The SMILES string of the molecule is CC(NC(=O)C(Cc1ccccc1)NS(=O)(=O)c1ccc(F)cc1)c1ccccc1. The molecule has 30 heavy (non-hydrogen) atoms. The van der Waals surface area contributed by atoms with E-state index in [1.807, 2.05) is 67.6 Å². The number of amides is 1. The molecule has 3 rings (SSSR count). The molecule has 2 atom stereocenters. The highest BCUT2D eigenvalue weighted by atomic mass is 32.2. The van der Waals surface area contributed by atoms with Gasteiger partial charge in [0.25, 0.3) is 0 Å². The number of halogens is 1. The Hall–Kier alpha value is -3.03. The second-order valence-corrected chi connectivity index (χ2v) is 8.67. The van der Waals surface area contributed by atoms with Crippen molar-refractivity contribution in [3.05, 3.63) is 102 Å². The molecule has 2 N–H and O–H groups in total. The molecule has 0 aromatic heterocycles. The van der Waals surface area contributed by atoms with Crippen LogP contribution in [0.3, 0.4) is 0 Å². The Kier molecular flexibility index (Phi) is 6.97. The van der Waals surface area contributed by atoms with Crippen molar-refractivity contribution in [1.82, 2.24) is 10.0 Å². The zero-order valence-electron chi connectivity index (χ0n) is 16.5. The van der Waals surface area contributed by atoms with Gasteiger partial charge < -0.3 is 5.32 Å². The minimum absolute atomic E-state index is 0.106. The van der Waals surface area contributed by atoms with Gasteiger partial charge in [0.1, 0.15) is 11.9 Å². The normalized spacial score (nSPS) is 13.4. The third-order valence-corrected chi connectivity index (χ3v) is 6.17. The van der Waals surface area contributed by atoms with Gasteiger partial charge in [0.15, 0.2) is 0 Å². The molecule has 0 aliphatic heterocycles. The number of hydrogen-bond donors (Lipinski definition) is 2. The zero-order valence-corrected chi connectivity index (χ0v) is 17.3. The van der Waals surface area contributed by atoms with E-state index in [1.165, 1.54) is 12.1 Å². The number of carbonyl (C=O) groups excluding carboxylic acids is 1. The monoisotopic (exact) mass is 426 g/mol. The maximum absolute atomic E-state index is 13.2. The van der Waals surface area contributed by atoms with Crippen LogP contribution in [0.2, 0.25) is 0 Å². The lowest BCUT2D eigenvalue weighted by Crippen LogP contribution is -2.48. The van der Waals surface area contributed by atoms with Crippen LogP contribution in [-0.4, -0.2) is 20.4 Å². The van der Waals surface area contributed by atoms with Crippen molar-refractivity contribution in [2.24, 2.45) is 0 Å². The van der Waals surface area contributed by atoms with E-state index < -0.39 is 27.8 Å². The van der Waals surface area contributed by atoms with Crippen LogP contribution in [0, 0.1) is 5.82 Å². The highest BCUT2D eigenvalue weighted by Crippen LogP contribution is 2.15. The number of hydrogen-bond acceptors (Lipinski definition) is 3. The third kappa shape index (κ3) is 5.75. The highest BCUT2D eigenvalue weighted by Gasteiger charge is 2.27. The molecule has 2 unspecified atom stereocenters. The molecular weight excluding hydrogens is 403 g/mol. The van der Waals surface area contributed by atoms with Crippen molar-refractivity contribution >= 4 is 15.9 Å². The fraction of sp³-hybridized carbons (Fsp3) is 0.174. The van der Waals surface area contributed by atoms with Gasteiger partial charge in [0.2, 0.25) is 15.9 Å². The molecule has 0 spiro atoms. The topological polar surface area (TPSA) is 75.3 Å². The first kappa shape index (κ1) is 21.7. The first-order chi connectivity index (χ1) is 14.3. The van der Waals surface area contributed by atoms with Crippen LogP contribution in [-0.2, 0) is 21.2 Å². The van der Waals surface area contributed by atoms with Gasteiger partial charge in [-0.05, 0) is 48.7 Å². The maximum atomic E-state index is 13.2. The van der Waals surface area contributed by atoms with E-state index in [0.717, 1.165) is 23.3 Å². The largest absolute Gasteiger partial charge is 0.348 e. The fourth-order valence-corrected chi connectivity index (χ4v) is 4.24. The van der Waals surface area contributed by atoms with E-state index in [-0.39, 0.29) is 17.4 Å². The van der Waals surface area contributed by atoms with Gasteiger partial charge in [0.05, 0.1) is 10.9 Å². The Morgan fingerprint density at radius 2 is 1.47 bits per heavy atom. The molecule has 0 aliphatic rings. The van der Waals surface area contributed by atoms with Crippen LogP contribution in [0.1, 0.15) is 24.1 Å². The second kappa shape index (κ2) is 9.65. The van der Waals surface area contributed by atoms with Crippen LogP contribution < -0.4 is 10.0 Å². The summed E-state index contributed by atoms with van der Waals surface area (Å²) in [6, 6.07) is 21.7. The molecule has 0 saturated heterocycles. The predicted molar refractivity (Wildman–Crippen MR) is 114 cm³/mol. The van der Waals surface area contributed by atoms with Gasteiger partial charge in [-0.25, -0.2) is 12.8 Å². The lowest BCUT2D eigenvalue weighted by atomic mass is 10.0. The molecule has 3 aromatic carbocycles. The Morgan fingerprint density at radius 1 is 0.900 bits per heavy atom. The van der Waals surface area contributed by atoms with Crippen LogP contribution in [0.4, 0.5) is 4.39 Å². The average molecular weight is 427 g/mol. The molecule has 0 bridgehead atoms. The summed E-state index contributed by atoms with van der Waals surface area (Å²) in [5, 5.41) is 2.87. The summed E-state index contributed by atoms with van der Waals surface area (Å²) in [7, 11) is -4.02. The van der Waals surface area contributed by atoms with Gasteiger partial charge in [0, 0.05) is 0 Å². The van der Waals surface area contributed by atoms with Crippen molar-refractivity contribution in [1.29, 1.82) is 0 Å². The van der Waals surface area contributed by atoms with E-state index in [0.29, 0.717) is 0 Å². The minimum Gasteiger partial charge on any atom is -0.348 e. The third-order valence-electron chi connectivity index (χ3n) is 4.68. The first-order valence-electron chi connectivity index (χ1n) is 9.52. The van der Waals surface area contributed by atoms with Crippen LogP contribution in [0.5, 0.6) is 0 Å². The summed E-state index contributed by atoms with van der Waals surface area (Å²) in [4.78, 5) is 12.9. The Labute approximate surface area is 176 Å². The molecule has 0 fully saturated rings. The molecule has 5 nitrogen and oxygen atoms in total. The average Bonchev–Trinajstić information content (AvgIpc) is 2.74. The summed E-state index contributed by atoms with van der Waals surface area (Å²) in [6.07, 6.45) is 0.175. The van der Waals surface area contributed by atoms with Gasteiger partial charge in [-0.1, -0.05) is 60.7 Å². The Morgan fingerprint density at radius 3 is 2.07 bits per heavy atom. The van der Waals surface area contributed by atoms with Crippen molar-refractivity contribution in [3.63, 3.8) is 0 Å². The minimum atomic E-state index is -4.02. The van der Waals surface area contributed by atoms with Gasteiger partial charge >= 0.3 is 0 Å². The van der Waals surface area contributed by atoms with E-state index >= 15 is 0 Å². The van der Waals surface area contributed by atoms with Crippen LogP contribution in [0.15, 0.2) is 89.8 Å². The number of carbonyl (C=O) groups is 1. The lowest BCUT2D eigenvalue weighted by molar-refractivity contribution is -0.123.